The molecular formula is C16H23N5O6. The standard InChI is InChI=1S/C16H23N5O6/c17-11-7-9-14(20-11)18-8-21(15(9)25)6-2-1-3-12(22)19-10(16(26)27)4-5-13(23)24/h7-8,10,15,20,25H,1-6,17H2,(H,19,22)(H,23,24)(H,26,27)/t10-,15?/m0/s1. The van der Waals surface area contributed by atoms with Crippen molar-refractivity contribution in [3.8, 4) is 0 Å². The van der Waals surface area contributed by atoms with Crippen LogP contribution in [-0.4, -0.2) is 62.0 Å². The highest BCUT2D eigenvalue weighted by molar-refractivity contribution is 5.83. The van der Waals surface area contributed by atoms with E-state index in [4.69, 9.17) is 15.9 Å². The molecule has 2 rings (SSSR count). The van der Waals surface area contributed by atoms with Crippen molar-refractivity contribution in [3.63, 3.8) is 0 Å². The number of aliphatic hydroxyl groups is 1. The fourth-order valence-corrected chi connectivity index (χ4v) is 2.71. The topological polar surface area (TPSA) is 181 Å². The molecule has 1 aliphatic rings. The molecule has 1 amide bonds. The number of carboxylic acid groups (broad SMARTS) is 2. The molecule has 27 heavy (non-hydrogen) atoms. The number of nitrogens with one attached hydrogen (secondary N) is 2. The second kappa shape index (κ2) is 9.03. The quantitative estimate of drug-likeness (QED) is 0.310. The van der Waals surface area contributed by atoms with Gasteiger partial charge in [0.1, 0.15) is 17.7 Å². The normalized spacial score (nSPS) is 16.6. The number of nitrogen functional groups attached to an aromatic ring is 1. The predicted octanol–water partition coefficient (Wildman–Crippen LogP) is 0.168. The van der Waals surface area contributed by atoms with Gasteiger partial charge in [0.2, 0.25) is 5.91 Å². The van der Waals surface area contributed by atoms with E-state index in [0.717, 1.165) is 0 Å². The smallest absolute Gasteiger partial charge is 0.326 e. The first-order valence-electron chi connectivity index (χ1n) is 8.48. The van der Waals surface area contributed by atoms with Gasteiger partial charge in [0.15, 0.2) is 6.23 Å². The number of aromatic nitrogens is 1. The Bertz CT molecular complexity index is 731. The maximum absolute atomic E-state index is 11.9. The lowest BCUT2D eigenvalue weighted by molar-refractivity contribution is -0.143. The van der Waals surface area contributed by atoms with E-state index >= 15 is 0 Å². The average Bonchev–Trinajstić information content (AvgIpc) is 2.98. The molecule has 1 aliphatic heterocycles. The fourth-order valence-electron chi connectivity index (χ4n) is 2.71. The summed E-state index contributed by atoms with van der Waals surface area (Å²) in [5.74, 6) is -1.92. The highest BCUT2D eigenvalue weighted by Gasteiger charge is 2.24. The number of unbranched alkanes of at least 4 members (excludes halogenated alkanes) is 1. The molecule has 148 valence electrons. The molecule has 0 bridgehead atoms. The second-order valence-electron chi connectivity index (χ2n) is 6.23. The van der Waals surface area contributed by atoms with Crippen molar-refractivity contribution in [2.45, 2.75) is 44.4 Å². The first-order valence-corrected chi connectivity index (χ1v) is 8.48. The summed E-state index contributed by atoms with van der Waals surface area (Å²) in [7, 11) is 0. The lowest BCUT2D eigenvalue weighted by atomic mass is 10.1. The Morgan fingerprint density at radius 3 is 2.70 bits per heavy atom. The van der Waals surface area contributed by atoms with Crippen molar-refractivity contribution in [1.29, 1.82) is 0 Å². The minimum atomic E-state index is -1.26. The molecule has 1 unspecified atom stereocenters. The Morgan fingerprint density at radius 1 is 1.30 bits per heavy atom. The molecule has 0 aliphatic carbocycles. The molecule has 1 aromatic rings. The van der Waals surface area contributed by atoms with E-state index in [1.54, 1.807) is 11.0 Å². The number of carboxylic acids is 2. The number of nitrogens with zero attached hydrogens (tertiary/aromatic N) is 2. The van der Waals surface area contributed by atoms with Crippen LogP contribution in [0.3, 0.4) is 0 Å². The summed E-state index contributed by atoms with van der Waals surface area (Å²) in [5.41, 5.74) is 6.22. The second-order valence-corrected chi connectivity index (χ2v) is 6.23. The van der Waals surface area contributed by atoms with Gasteiger partial charge < -0.3 is 36.3 Å². The third-order valence-electron chi connectivity index (χ3n) is 4.12. The van der Waals surface area contributed by atoms with Crippen molar-refractivity contribution in [3.05, 3.63) is 11.6 Å². The Kier molecular flexibility index (Phi) is 6.77. The molecule has 0 saturated carbocycles. The molecule has 0 radical (unpaired) electrons. The van der Waals surface area contributed by atoms with Gasteiger partial charge in [-0.2, -0.15) is 0 Å². The summed E-state index contributed by atoms with van der Waals surface area (Å²) in [5, 5.41) is 30.2. The SMILES string of the molecule is Nc1cc2c([nH]1)N=CN(CCCCC(=O)N[C@@H](CCC(=O)O)C(=O)O)C2O. The first-order chi connectivity index (χ1) is 12.8. The number of amides is 1. The molecular weight excluding hydrogens is 358 g/mol. The van der Waals surface area contributed by atoms with Crippen molar-refractivity contribution < 1.29 is 29.7 Å². The van der Waals surface area contributed by atoms with Crippen LogP contribution >= 0.6 is 0 Å². The van der Waals surface area contributed by atoms with Crippen LogP contribution in [-0.2, 0) is 14.4 Å². The molecule has 0 spiro atoms. The summed E-state index contributed by atoms with van der Waals surface area (Å²) in [6.07, 6.45) is 1.24. The molecule has 0 saturated heterocycles. The highest BCUT2D eigenvalue weighted by Crippen LogP contribution is 2.32. The number of fused-ring (bicyclic) bond motifs is 1. The van der Waals surface area contributed by atoms with E-state index in [1.165, 1.54) is 6.34 Å². The molecule has 7 N–H and O–H groups in total. The third kappa shape index (κ3) is 5.71. The third-order valence-corrected chi connectivity index (χ3v) is 4.12. The van der Waals surface area contributed by atoms with Crippen LogP contribution in [0.5, 0.6) is 0 Å². The molecule has 1 aromatic heterocycles. The Balaban J connectivity index is 1.72. The van der Waals surface area contributed by atoms with Crippen molar-refractivity contribution in [1.82, 2.24) is 15.2 Å². The number of anilines is 1. The van der Waals surface area contributed by atoms with Gasteiger partial charge >= 0.3 is 11.9 Å². The zero-order chi connectivity index (χ0) is 20.0. The van der Waals surface area contributed by atoms with Gasteiger partial charge in [-0.25, -0.2) is 9.79 Å². The lowest BCUT2D eigenvalue weighted by Gasteiger charge is -2.28. The van der Waals surface area contributed by atoms with Crippen LogP contribution in [0.2, 0.25) is 0 Å². The minimum Gasteiger partial charge on any atom is -0.481 e. The summed E-state index contributed by atoms with van der Waals surface area (Å²) in [6.45, 7) is 0.448. The van der Waals surface area contributed by atoms with Gasteiger partial charge in [-0.1, -0.05) is 0 Å². The van der Waals surface area contributed by atoms with E-state index < -0.39 is 30.1 Å². The van der Waals surface area contributed by atoms with Crippen LogP contribution in [0.15, 0.2) is 11.1 Å². The van der Waals surface area contributed by atoms with E-state index in [9.17, 15) is 19.5 Å². The summed E-state index contributed by atoms with van der Waals surface area (Å²) in [4.78, 5) is 42.0. The Labute approximate surface area is 154 Å². The number of aromatic amines is 1. The van der Waals surface area contributed by atoms with Crippen molar-refractivity contribution in [2.24, 2.45) is 4.99 Å². The van der Waals surface area contributed by atoms with Crippen LogP contribution < -0.4 is 11.1 Å². The molecule has 11 heteroatoms. The molecule has 0 fully saturated rings. The number of carbonyl (C=O) groups is 3. The summed E-state index contributed by atoms with van der Waals surface area (Å²) in [6, 6.07) is 0.391. The number of aliphatic imine (C=N–C) groups is 1. The average molecular weight is 381 g/mol. The van der Waals surface area contributed by atoms with Gasteiger partial charge in [-0.05, 0) is 25.3 Å². The van der Waals surface area contributed by atoms with Crippen LogP contribution in [0.1, 0.15) is 43.9 Å². The van der Waals surface area contributed by atoms with E-state index in [1.807, 2.05) is 0 Å². The molecule has 2 heterocycles. The zero-order valence-corrected chi connectivity index (χ0v) is 14.6. The number of hydrogen-bond acceptors (Lipinski definition) is 7. The van der Waals surface area contributed by atoms with Gasteiger partial charge in [0, 0.05) is 24.9 Å². The number of aliphatic carboxylic acids is 2. The monoisotopic (exact) mass is 381 g/mol. The van der Waals surface area contributed by atoms with E-state index in [2.05, 4.69) is 15.3 Å². The maximum Gasteiger partial charge on any atom is 0.326 e. The minimum absolute atomic E-state index is 0.0975. The summed E-state index contributed by atoms with van der Waals surface area (Å²) >= 11 is 0. The fraction of sp³-hybridized carbons (Fsp3) is 0.500. The van der Waals surface area contributed by atoms with Crippen LogP contribution in [0.4, 0.5) is 11.6 Å². The van der Waals surface area contributed by atoms with Gasteiger partial charge in [-0.3, -0.25) is 9.59 Å². The number of H-pyrrole nitrogens is 1. The zero-order valence-electron chi connectivity index (χ0n) is 14.6. The largest absolute Gasteiger partial charge is 0.481 e. The first kappa shape index (κ1) is 20.2. The number of hydrogen-bond donors (Lipinski definition) is 6. The number of nitrogens with two attached hydrogens (primary N) is 1. The Morgan fingerprint density at radius 2 is 2.04 bits per heavy atom. The molecule has 11 nitrogen and oxygen atoms in total. The highest BCUT2D eigenvalue weighted by atomic mass is 16.4. The van der Waals surface area contributed by atoms with Gasteiger partial charge in [-0.15, -0.1) is 0 Å². The van der Waals surface area contributed by atoms with E-state index in [-0.39, 0.29) is 19.3 Å². The predicted molar refractivity (Wildman–Crippen MR) is 95.3 cm³/mol. The number of rotatable bonds is 10. The van der Waals surface area contributed by atoms with E-state index in [0.29, 0.717) is 36.6 Å². The van der Waals surface area contributed by atoms with Crippen LogP contribution in [0.25, 0.3) is 0 Å². The molecule has 2 atom stereocenters. The van der Waals surface area contributed by atoms with Gasteiger partial charge in [0.25, 0.3) is 0 Å². The molecule has 0 aromatic carbocycles. The Hall–Kier alpha value is -3.08. The van der Waals surface area contributed by atoms with Crippen molar-refractivity contribution in [2.75, 3.05) is 12.3 Å². The van der Waals surface area contributed by atoms with Crippen molar-refractivity contribution >= 4 is 35.8 Å². The van der Waals surface area contributed by atoms with Gasteiger partial charge in [0.05, 0.1) is 6.34 Å². The lowest BCUT2D eigenvalue weighted by Crippen LogP contribution is -2.41. The van der Waals surface area contributed by atoms with Crippen LogP contribution in [0, 0.1) is 0 Å². The summed E-state index contributed by atoms with van der Waals surface area (Å²) < 4.78 is 0. The number of aliphatic hydroxyl groups excluding tert-OH is 1. The number of carbonyl (C=O) groups excluding carboxylic acids is 1. The maximum atomic E-state index is 11.9.